The molecule has 0 aliphatic heterocycles. The van der Waals surface area contributed by atoms with E-state index >= 15 is 0 Å². The number of anilines is 1. The Labute approximate surface area is 171 Å². The van der Waals surface area contributed by atoms with E-state index in [0.29, 0.717) is 22.9 Å². The molecular weight excluding hydrogens is 421 g/mol. The standard InChI is InChI=1S/C18H13Cl2N5O2S/c1-11-21-22-18-9-8-16(23-25(11)18)12-2-5-14(6-3-12)24-28(26,27)17-10-13(19)4-7-15(17)20/h2-10,24H,1H3. The lowest BCUT2D eigenvalue weighted by Gasteiger charge is -2.10. The lowest BCUT2D eigenvalue weighted by atomic mass is 10.1. The summed E-state index contributed by atoms with van der Waals surface area (Å²) in [5.41, 5.74) is 2.58. The normalized spacial score (nSPS) is 11.7. The van der Waals surface area contributed by atoms with Gasteiger partial charge in [-0.1, -0.05) is 35.3 Å². The Kier molecular flexibility index (Phi) is 4.70. The summed E-state index contributed by atoms with van der Waals surface area (Å²) >= 11 is 11.9. The van der Waals surface area contributed by atoms with Gasteiger partial charge in [0.2, 0.25) is 0 Å². The third kappa shape index (κ3) is 3.54. The fourth-order valence-electron chi connectivity index (χ4n) is 2.65. The summed E-state index contributed by atoms with van der Waals surface area (Å²) in [5, 5.41) is 12.9. The van der Waals surface area contributed by atoms with Crippen LogP contribution in [-0.2, 0) is 10.0 Å². The Hall–Kier alpha value is -2.68. The third-order valence-corrected chi connectivity index (χ3v) is 6.13. The first kappa shape index (κ1) is 18.7. The quantitative estimate of drug-likeness (QED) is 0.520. The molecule has 142 valence electrons. The minimum absolute atomic E-state index is 0.0825. The van der Waals surface area contributed by atoms with Crippen LogP contribution in [0.4, 0.5) is 5.69 Å². The van der Waals surface area contributed by atoms with E-state index in [9.17, 15) is 8.42 Å². The van der Waals surface area contributed by atoms with Gasteiger partial charge in [0, 0.05) is 16.3 Å². The van der Waals surface area contributed by atoms with Crippen LogP contribution in [0.1, 0.15) is 5.82 Å². The van der Waals surface area contributed by atoms with Crippen LogP contribution in [0.15, 0.2) is 59.5 Å². The Morgan fingerprint density at radius 3 is 2.46 bits per heavy atom. The molecule has 10 heteroatoms. The molecule has 0 radical (unpaired) electrons. The maximum atomic E-state index is 12.6. The third-order valence-electron chi connectivity index (χ3n) is 4.03. The van der Waals surface area contributed by atoms with Gasteiger partial charge < -0.3 is 0 Å². The second-order valence-corrected chi connectivity index (χ2v) is 8.49. The Morgan fingerprint density at radius 2 is 1.71 bits per heavy atom. The highest BCUT2D eigenvalue weighted by Gasteiger charge is 2.18. The zero-order valence-electron chi connectivity index (χ0n) is 14.5. The van der Waals surface area contributed by atoms with E-state index in [4.69, 9.17) is 23.2 Å². The molecule has 7 nitrogen and oxygen atoms in total. The van der Waals surface area contributed by atoms with Gasteiger partial charge in [-0.3, -0.25) is 4.72 Å². The summed E-state index contributed by atoms with van der Waals surface area (Å²) in [5.74, 6) is 0.680. The number of nitrogens with zero attached hydrogens (tertiary/aromatic N) is 4. The monoisotopic (exact) mass is 433 g/mol. The molecule has 2 aromatic carbocycles. The van der Waals surface area contributed by atoms with E-state index in [1.165, 1.54) is 18.2 Å². The lowest BCUT2D eigenvalue weighted by molar-refractivity contribution is 0.601. The Bertz CT molecular complexity index is 1290. The van der Waals surface area contributed by atoms with Crippen LogP contribution in [0.2, 0.25) is 10.0 Å². The molecule has 0 amide bonds. The number of aryl methyl sites for hydroxylation is 1. The van der Waals surface area contributed by atoms with Crippen molar-refractivity contribution in [2.24, 2.45) is 0 Å². The molecule has 0 bridgehead atoms. The first-order valence-electron chi connectivity index (χ1n) is 8.11. The number of hydrogen-bond acceptors (Lipinski definition) is 5. The molecule has 0 fully saturated rings. The lowest BCUT2D eigenvalue weighted by Crippen LogP contribution is -2.13. The SMILES string of the molecule is Cc1nnc2ccc(-c3ccc(NS(=O)(=O)c4cc(Cl)ccc4Cl)cc3)nn12. The van der Waals surface area contributed by atoms with Crippen molar-refractivity contribution in [1.29, 1.82) is 0 Å². The highest BCUT2D eigenvalue weighted by atomic mass is 35.5. The summed E-state index contributed by atoms with van der Waals surface area (Å²) in [6.07, 6.45) is 0. The predicted molar refractivity (Wildman–Crippen MR) is 108 cm³/mol. The summed E-state index contributed by atoms with van der Waals surface area (Å²) in [7, 11) is -3.87. The molecule has 4 aromatic rings. The number of halogens is 2. The van der Waals surface area contributed by atoms with Gasteiger partial charge in [-0.05, 0) is 49.4 Å². The highest BCUT2D eigenvalue weighted by molar-refractivity contribution is 7.92. The highest BCUT2D eigenvalue weighted by Crippen LogP contribution is 2.27. The van der Waals surface area contributed by atoms with Crippen LogP contribution >= 0.6 is 23.2 Å². The van der Waals surface area contributed by atoms with Crippen LogP contribution < -0.4 is 4.72 Å². The number of nitrogens with one attached hydrogen (secondary N) is 1. The minimum Gasteiger partial charge on any atom is -0.280 e. The smallest absolute Gasteiger partial charge is 0.263 e. The van der Waals surface area contributed by atoms with Crippen LogP contribution in [0.5, 0.6) is 0 Å². The molecule has 1 N–H and O–H groups in total. The summed E-state index contributed by atoms with van der Waals surface area (Å²) in [6.45, 7) is 1.82. The van der Waals surface area contributed by atoms with Gasteiger partial charge in [0.05, 0.1) is 10.7 Å². The minimum atomic E-state index is -3.87. The van der Waals surface area contributed by atoms with E-state index < -0.39 is 10.0 Å². The first-order chi connectivity index (χ1) is 13.3. The number of fused-ring (bicyclic) bond motifs is 1. The van der Waals surface area contributed by atoms with Crippen LogP contribution in [0.25, 0.3) is 16.9 Å². The summed E-state index contributed by atoms with van der Waals surface area (Å²) in [4.78, 5) is -0.0825. The molecule has 0 atom stereocenters. The van der Waals surface area contributed by atoms with Crippen molar-refractivity contribution < 1.29 is 8.42 Å². The number of benzene rings is 2. The molecule has 0 unspecified atom stereocenters. The van der Waals surface area contributed by atoms with Crippen LogP contribution in [0, 0.1) is 6.92 Å². The Balaban J connectivity index is 1.62. The molecule has 0 saturated carbocycles. The molecule has 0 saturated heterocycles. The van der Waals surface area contributed by atoms with Gasteiger partial charge in [0.15, 0.2) is 11.5 Å². The van der Waals surface area contributed by atoms with Gasteiger partial charge in [-0.2, -0.15) is 9.61 Å². The second-order valence-electron chi connectivity index (χ2n) is 5.99. The van der Waals surface area contributed by atoms with Gasteiger partial charge >= 0.3 is 0 Å². The van der Waals surface area contributed by atoms with Gasteiger partial charge in [-0.25, -0.2) is 8.42 Å². The topological polar surface area (TPSA) is 89.2 Å². The number of rotatable bonds is 4. The fraction of sp³-hybridized carbons (Fsp3) is 0.0556. The van der Waals surface area contributed by atoms with E-state index in [0.717, 1.165) is 5.56 Å². The first-order valence-corrected chi connectivity index (χ1v) is 10.3. The fourth-order valence-corrected chi connectivity index (χ4v) is 4.47. The molecule has 4 rings (SSSR count). The van der Waals surface area contributed by atoms with Crippen LogP contribution in [0.3, 0.4) is 0 Å². The van der Waals surface area contributed by atoms with E-state index in [2.05, 4.69) is 20.0 Å². The average Bonchev–Trinajstić information content (AvgIpc) is 3.04. The molecule has 0 aliphatic carbocycles. The maximum Gasteiger partial charge on any atom is 0.263 e. The van der Waals surface area contributed by atoms with Crippen LogP contribution in [-0.4, -0.2) is 28.2 Å². The maximum absolute atomic E-state index is 12.6. The summed E-state index contributed by atoms with van der Waals surface area (Å²) < 4.78 is 29.3. The van der Waals surface area contributed by atoms with Crippen molar-refractivity contribution in [3.05, 3.63) is 70.5 Å². The van der Waals surface area contributed by atoms with Gasteiger partial charge in [0.25, 0.3) is 10.0 Å². The van der Waals surface area contributed by atoms with E-state index in [1.54, 1.807) is 28.8 Å². The van der Waals surface area contributed by atoms with Crippen molar-refractivity contribution in [3.8, 4) is 11.3 Å². The average molecular weight is 434 g/mol. The Morgan fingerprint density at radius 1 is 0.964 bits per heavy atom. The van der Waals surface area contributed by atoms with Crippen molar-refractivity contribution in [2.45, 2.75) is 11.8 Å². The number of hydrogen-bond donors (Lipinski definition) is 1. The molecule has 2 aromatic heterocycles. The van der Waals surface area contributed by atoms with E-state index in [1.807, 2.05) is 19.1 Å². The number of sulfonamides is 1. The van der Waals surface area contributed by atoms with Gasteiger partial charge in [-0.15, -0.1) is 10.2 Å². The van der Waals surface area contributed by atoms with Crippen molar-refractivity contribution in [3.63, 3.8) is 0 Å². The molecule has 0 spiro atoms. The van der Waals surface area contributed by atoms with E-state index in [-0.39, 0.29) is 14.9 Å². The zero-order valence-corrected chi connectivity index (χ0v) is 16.8. The van der Waals surface area contributed by atoms with Crippen molar-refractivity contribution in [2.75, 3.05) is 4.72 Å². The van der Waals surface area contributed by atoms with Gasteiger partial charge in [0.1, 0.15) is 4.90 Å². The zero-order chi connectivity index (χ0) is 19.9. The molecule has 28 heavy (non-hydrogen) atoms. The second kappa shape index (κ2) is 7.05. The number of aromatic nitrogens is 4. The molecular formula is C18H13Cl2N5O2S. The molecule has 0 aliphatic rings. The van der Waals surface area contributed by atoms with Crippen molar-refractivity contribution >= 4 is 44.6 Å². The molecule has 2 heterocycles. The predicted octanol–water partition coefficient (Wildman–Crippen LogP) is 4.21. The largest absolute Gasteiger partial charge is 0.280 e. The van der Waals surface area contributed by atoms with Crippen molar-refractivity contribution in [1.82, 2.24) is 19.8 Å². The summed E-state index contributed by atoms with van der Waals surface area (Å²) in [6, 6.07) is 14.8.